The molecule has 0 bridgehead atoms. The summed E-state index contributed by atoms with van der Waals surface area (Å²) in [6, 6.07) is 7.93. The number of hydrogen-bond donors (Lipinski definition) is 2. The molecule has 1 saturated heterocycles. The van der Waals surface area contributed by atoms with Gasteiger partial charge in [-0.3, -0.25) is 4.99 Å². The first-order chi connectivity index (χ1) is 11.9. The van der Waals surface area contributed by atoms with Gasteiger partial charge in [-0.2, -0.15) is 0 Å². The van der Waals surface area contributed by atoms with Gasteiger partial charge in [-0.15, -0.1) is 24.0 Å². The Morgan fingerprint density at radius 3 is 2.62 bits per heavy atom. The fraction of sp³-hybridized carbons (Fsp3) is 0.588. The molecule has 148 valence electrons. The molecule has 1 aliphatic heterocycles. The molecule has 1 heterocycles. The van der Waals surface area contributed by atoms with Crippen molar-refractivity contribution < 1.29 is 13.2 Å². The third kappa shape index (κ3) is 6.27. The molecular formula is C17H29IN4O3S. The number of nitrogens with zero attached hydrogens (tertiary/aromatic N) is 2. The molecule has 0 aromatic heterocycles. The number of likely N-dealkylation sites (N-methyl/N-ethyl adjacent to an activating group) is 1. The van der Waals surface area contributed by atoms with Gasteiger partial charge in [0.15, 0.2) is 15.8 Å². The van der Waals surface area contributed by atoms with Crippen molar-refractivity contribution in [1.82, 2.24) is 15.5 Å². The summed E-state index contributed by atoms with van der Waals surface area (Å²) in [5.74, 6) is 1.86. The minimum Gasteiger partial charge on any atom is -0.496 e. The molecule has 1 aromatic carbocycles. The predicted octanol–water partition coefficient (Wildman–Crippen LogP) is 1.27. The molecule has 26 heavy (non-hydrogen) atoms. The molecule has 2 rings (SSSR count). The molecule has 9 heteroatoms. The summed E-state index contributed by atoms with van der Waals surface area (Å²) in [6.45, 7) is 0.618. The standard InChI is InChI=1S/C17H28N4O3S.HI/c1-18-17(20-13-9-10-25(22,23)12-13)19-11-15(21(2)3)14-7-5-6-8-16(14)24-4;/h5-8,13,15H,9-12H2,1-4H3,(H2,18,19,20);1H. The molecule has 2 unspecified atom stereocenters. The summed E-state index contributed by atoms with van der Waals surface area (Å²) < 4.78 is 28.7. The number of guanidine groups is 1. The average molecular weight is 496 g/mol. The van der Waals surface area contributed by atoms with Crippen LogP contribution in [0.25, 0.3) is 0 Å². The van der Waals surface area contributed by atoms with Crippen LogP contribution in [0, 0.1) is 0 Å². The second-order valence-electron chi connectivity index (χ2n) is 6.42. The Labute approximate surface area is 173 Å². The normalized spacial score (nSPS) is 20.3. The van der Waals surface area contributed by atoms with Crippen LogP contribution in [0.5, 0.6) is 5.75 Å². The highest BCUT2D eigenvalue weighted by Crippen LogP contribution is 2.27. The van der Waals surface area contributed by atoms with Gasteiger partial charge >= 0.3 is 0 Å². The highest BCUT2D eigenvalue weighted by Gasteiger charge is 2.28. The lowest BCUT2D eigenvalue weighted by atomic mass is 10.0. The molecule has 2 N–H and O–H groups in total. The van der Waals surface area contributed by atoms with Crippen molar-refractivity contribution in [2.75, 3.05) is 46.3 Å². The Morgan fingerprint density at radius 1 is 1.38 bits per heavy atom. The van der Waals surface area contributed by atoms with E-state index < -0.39 is 9.84 Å². The molecule has 7 nitrogen and oxygen atoms in total. The summed E-state index contributed by atoms with van der Waals surface area (Å²) in [5.41, 5.74) is 1.08. The summed E-state index contributed by atoms with van der Waals surface area (Å²) >= 11 is 0. The Morgan fingerprint density at radius 2 is 2.08 bits per heavy atom. The van der Waals surface area contributed by atoms with E-state index in [0.29, 0.717) is 18.9 Å². The average Bonchev–Trinajstić information content (AvgIpc) is 2.92. The van der Waals surface area contributed by atoms with E-state index in [9.17, 15) is 8.42 Å². The maximum Gasteiger partial charge on any atom is 0.191 e. The first-order valence-corrected chi connectivity index (χ1v) is 10.2. The van der Waals surface area contributed by atoms with E-state index in [1.807, 2.05) is 38.4 Å². The Balaban J connectivity index is 0.00000338. The third-order valence-corrected chi connectivity index (χ3v) is 6.15. The van der Waals surface area contributed by atoms with Crippen LogP contribution < -0.4 is 15.4 Å². The van der Waals surface area contributed by atoms with E-state index >= 15 is 0 Å². The molecule has 0 spiro atoms. The zero-order valence-electron chi connectivity index (χ0n) is 15.7. The lowest BCUT2D eigenvalue weighted by molar-refractivity contribution is 0.287. The number of rotatable bonds is 6. The van der Waals surface area contributed by atoms with Gasteiger partial charge in [-0.1, -0.05) is 18.2 Å². The highest BCUT2D eigenvalue weighted by molar-refractivity contribution is 14.0. The van der Waals surface area contributed by atoms with Gasteiger partial charge in [-0.05, 0) is 26.6 Å². The number of halogens is 1. The van der Waals surface area contributed by atoms with E-state index in [0.717, 1.165) is 11.3 Å². The Kier molecular flexibility index (Phi) is 9.11. The maximum atomic E-state index is 11.6. The monoisotopic (exact) mass is 496 g/mol. The van der Waals surface area contributed by atoms with Gasteiger partial charge in [0.25, 0.3) is 0 Å². The Hall–Kier alpha value is -1.07. The molecule has 1 fully saturated rings. The minimum atomic E-state index is -2.92. The molecule has 2 atom stereocenters. The van der Waals surface area contributed by atoms with Crippen molar-refractivity contribution in [3.63, 3.8) is 0 Å². The number of methoxy groups -OCH3 is 1. The lowest BCUT2D eigenvalue weighted by Crippen LogP contribution is -2.46. The van der Waals surface area contributed by atoms with E-state index in [-0.39, 0.29) is 47.6 Å². The van der Waals surface area contributed by atoms with Crippen LogP contribution in [0.3, 0.4) is 0 Å². The van der Waals surface area contributed by atoms with E-state index in [4.69, 9.17) is 4.74 Å². The number of para-hydroxylation sites is 1. The predicted molar refractivity (Wildman–Crippen MR) is 116 cm³/mol. The first-order valence-electron chi connectivity index (χ1n) is 8.33. The molecule has 0 amide bonds. The molecule has 0 radical (unpaired) electrons. The molecule has 0 saturated carbocycles. The van der Waals surface area contributed by atoms with Gasteiger partial charge in [0.05, 0.1) is 24.7 Å². The zero-order chi connectivity index (χ0) is 18.4. The number of ether oxygens (including phenoxy) is 1. The van der Waals surface area contributed by atoms with Crippen LogP contribution in [0.15, 0.2) is 29.3 Å². The van der Waals surface area contributed by atoms with Crippen molar-refractivity contribution in [3.8, 4) is 5.75 Å². The fourth-order valence-corrected chi connectivity index (χ4v) is 4.68. The largest absolute Gasteiger partial charge is 0.496 e. The van der Waals surface area contributed by atoms with Gasteiger partial charge in [0, 0.05) is 25.2 Å². The number of nitrogens with one attached hydrogen (secondary N) is 2. The third-order valence-electron chi connectivity index (χ3n) is 4.38. The van der Waals surface area contributed by atoms with Crippen molar-refractivity contribution in [2.24, 2.45) is 4.99 Å². The van der Waals surface area contributed by atoms with Gasteiger partial charge in [0.1, 0.15) is 5.75 Å². The van der Waals surface area contributed by atoms with Crippen LogP contribution in [0.2, 0.25) is 0 Å². The first kappa shape index (κ1) is 23.0. The summed E-state index contributed by atoms with van der Waals surface area (Å²) in [4.78, 5) is 6.33. The summed E-state index contributed by atoms with van der Waals surface area (Å²) in [7, 11) is 4.46. The number of sulfone groups is 1. The quantitative estimate of drug-likeness (QED) is 0.351. The van der Waals surface area contributed by atoms with E-state index in [2.05, 4.69) is 20.5 Å². The molecule has 0 aliphatic carbocycles. The highest BCUT2D eigenvalue weighted by atomic mass is 127. The van der Waals surface area contributed by atoms with Crippen molar-refractivity contribution in [2.45, 2.75) is 18.5 Å². The molecule has 1 aliphatic rings. The van der Waals surface area contributed by atoms with Gasteiger partial charge < -0.3 is 20.3 Å². The number of aliphatic imine (C=N–C) groups is 1. The maximum absolute atomic E-state index is 11.6. The molecular weight excluding hydrogens is 467 g/mol. The zero-order valence-corrected chi connectivity index (χ0v) is 18.9. The minimum absolute atomic E-state index is 0. The lowest BCUT2D eigenvalue weighted by Gasteiger charge is -2.27. The van der Waals surface area contributed by atoms with Crippen molar-refractivity contribution >= 4 is 39.8 Å². The topological polar surface area (TPSA) is 83.0 Å². The summed E-state index contributed by atoms with van der Waals surface area (Å²) in [5, 5.41) is 6.51. The van der Waals surface area contributed by atoms with E-state index in [1.165, 1.54) is 0 Å². The van der Waals surface area contributed by atoms with Crippen LogP contribution in [0.4, 0.5) is 0 Å². The van der Waals surface area contributed by atoms with E-state index in [1.54, 1.807) is 14.2 Å². The smallest absolute Gasteiger partial charge is 0.191 e. The number of benzene rings is 1. The van der Waals surface area contributed by atoms with Gasteiger partial charge in [-0.25, -0.2) is 8.42 Å². The van der Waals surface area contributed by atoms with Crippen molar-refractivity contribution in [3.05, 3.63) is 29.8 Å². The van der Waals surface area contributed by atoms with Crippen LogP contribution in [-0.2, 0) is 9.84 Å². The van der Waals surface area contributed by atoms with Crippen LogP contribution in [0.1, 0.15) is 18.0 Å². The van der Waals surface area contributed by atoms with Gasteiger partial charge in [0.2, 0.25) is 0 Å². The Bertz CT molecular complexity index is 710. The second kappa shape index (κ2) is 10.3. The fourth-order valence-electron chi connectivity index (χ4n) is 3.00. The second-order valence-corrected chi connectivity index (χ2v) is 8.65. The van der Waals surface area contributed by atoms with Crippen molar-refractivity contribution in [1.29, 1.82) is 0 Å². The number of hydrogen-bond acceptors (Lipinski definition) is 5. The summed E-state index contributed by atoms with van der Waals surface area (Å²) in [6.07, 6.45) is 0.618. The van der Waals surface area contributed by atoms with Crippen LogP contribution >= 0.6 is 24.0 Å². The van der Waals surface area contributed by atoms with Crippen LogP contribution in [-0.4, -0.2) is 71.6 Å². The molecule has 1 aromatic rings. The SMILES string of the molecule is CN=C(NCC(c1ccccc1OC)N(C)C)NC1CCS(=O)(=O)C1.I.